The lowest BCUT2D eigenvalue weighted by atomic mass is 9.98. The molecule has 4 rings (SSSR count). The first-order chi connectivity index (χ1) is 14.8. The number of hydrogen-bond donors (Lipinski definition) is 1. The molecule has 1 N–H and O–H groups in total. The molecule has 5 heteroatoms. The van der Waals surface area contributed by atoms with Crippen molar-refractivity contribution >= 4 is 22.6 Å². The Kier molecular flexibility index (Phi) is 5.77. The maximum absolute atomic E-state index is 13.3. The fourth-order valence-corrected chi connectivity index (χ4v) is 3.98. The number of anilines is 1. The van der Waals surface area contributed by atoms with Gasteiger partial charge in [0.1, 0.15) is 17.5 Å². The van der Waals surface area contributed by atoms with Crippen LogP contribution in [-0.4, -0.2) is 35.8 Å². The third-order valence-corrected chi connectivity index (χ3v) is 5.47. The lowest BCUT2D eigenvalue weighted by Gasteiger charge is -2.36. The third kappa shape index (κ3) is 4.76. The lowest BCUT2D eigenvalue weighted by molar-refractivity contribution is 0.00857. The Morgan fingerprint density at radius 2 is 1.81 bits per heavy atom. The zero-order chi connectivity index (χ0) is 22.0. The van der Waals surface area contributed by atoms with Gasteiger partial charge in [-0.05, 0) is 56.2 Å². The Morgan fingerprint density at radius 3 is 2.61 bits per heavy atom. The van der Waals surface area contributed by atoms with Crippen molar-refractivity contribution in [3.05, 3.63) is 72.3 Å². The van der Waals surface area contributed by atoms with E-state index in [9.17, 15) is 4.79 Å². The predicted octanol–water partition coefficient (Wildman–Crippen LogP) is 6.01. The molecular weight excluding hydrogens is 388 g/mol. The molecule has 1 aliphatic heterocycles. The molecule has 5 nitrogen and oxygen atoms in total. The van der Waals surface area contributed by atoms with Crippen molar-refractivity contribution in [1.82, 2.24) is 4.90 Å². The topological polar surface area (TPSA) is 50.8 Å². The summed E-state index contributed by atoms with van der Waals surface area (Å²) in [4.78, 5) is 15.0. The van der Waals surface area contributed by atoms with Crippen LogP contribution in [-0.2, 0) is 4.74 Å². The van der Waals surface area contributed by atoms with E-state index in [1.165, 1.54) is 0 Å². The number of nitrogens with zero attached hydrogens (tertiary/aromatic N) is 1. The van der Waals surface area contributed by atoms with Crippen molar-refractivity contribution in [3.8, 4) is 5.75 Å². The number of benzene rings is 3. The molecule has 2 unspecified atom stereocenters. The second-order valence-corrected chi connectivity index (χ2v) is 8.99. The zero-order valence-corrected chi connectivity index (χ0v) is 18.6. The molecule has 3 aromatic rings. The van der Waals surface area contributed by atoms with Crippen LogP contribution in [0.25, 0.3) is 10.8 Å². The second-order valence-electron chi connectivity index (χ2n) is 8.99. The highest BCUT2D eigenvalue weighted by molar-refractivity contribution is 5.86. The summed E-state index contributed by atoms with van der Waals surface area (Å²) >= 11 is 0. The summed E-state index contributed by atoms with van der Waals surface area (Å²) in [6, 6.07) is 22.2. The Morgan fingerprint density at radius 1 is 1.10 bits per heavy atom. The highest BCUT2D eigenvalue weighted by atomic mass is 16.6. The van der Waals surface area contributed by atoms with E-state index in [2.05, 4.69) is 36.5 Å². The summed E-state index contributed by atoms with van der Waals surface area (Å²) in [6.07, 6.45) is -0.518. The first kappa shape index (κ1) is 21.0. The molecule has 0 bridgehead atoms. The standard InChI is InChI=1S/C26H30N2O3/c1-18(21-13-9-11-19-10-5-6-12-22(19)21)28(25(29)31-26(2,3)4)17-20-16-27-23-14-7-8-15-24(23)30-20/h5-15,18,20,27H,16-17H2,1-4H3. The van der Waals surface area contributed by atoms with Gasteiger partial charge in [-0.2, -0.15) is 0 Å². The number of para-hydroxylation sites is 2. The van der Waals surface area contributed by atoms with E-state index in [4.69, 9.17) is 9.47 Å². The Labute approximate surface area is 184 Å². The van der Waals surface area contributed by atoms with Crippen LogP contribution < -0.4 is 10.1 Å². The quantitative estimate of drug-likeness (QED) is 0.564. The van der Waals surface area contributed by atoms with Crippen LogP contribution >= 0.6 is 0 Å². The molecule has 31 heavy (non-hydrogen) atoms. The monoisotopic (exact) mass is 418 g/mol. The van der Waals surface area contributed by atoms with E-state index in [0.29, 0.717) is 13.1 Å². The number of fused-ring (bicyclic) bond motifs is 2. The Hall–Kier alpha value is -3.21. The SMILES string of the molecule is CC(c1cccc2ccccc12)N(CC1CNc2ccccc2O1)C(=O)OC(C)(C)C. The molecule has 0 aromatic heterocycles. The molecule has 0 radical (unpaired) electrons. The van der Waals surface area contributed by atoms with Crippen LogP contribution in [0.2, 0.25) is 0 Å². The number of carbonyl (C=O) groups excluding carboxylic acids is 1. The average molecular weight is 419 g/mol. The van der Waals surface area contributed by atoms with Crippen LogP contribution in [0, 0.1) is 0 Å². The number of rotatable bonds is 4. The minimum absolute atomic E-state index is 0.179. The minimum Gasteiger partial charge on any atom is -0.485 e. The number of hydrogen-bond acceptors (Lipinski definition) is 4. The first-order valence-electron chi connectivity index (χ1n) is 10.8. The van der Waals surface area contributed by atoms with Gasteiger partial charge in [-0.25, -0.2) is 4.79 Å². The van der Waals surface area contributed by atoms with Crippen LogP contribution in [0.1, 0.15) is 39.3 Å². The molecule has 162 valence electrons. The largest absolute Gasteiger partial charge is 0.485 e. The van der Waals surface area contributed by atoms with Crippen LogP contribution in [0.5, 0.6) is 5.75 Å². The summed E-state index contributed by atoms with van der Waals surface area (Å²) in [6.45, 7) is 8.76. The van der Waals surface area contributed by atoms with Gasteiger partial charge in [-0.3, -0.25) is 4.90 Å². The number of amides is 1. The van der Waals surface area contributed by atoms with Gasteiger partial charge in [0.05, 0.1) is 24.8 Å². The predicted molar refractivity (Wildman–Crippen MR) is 125 cm³/mol. The second kappa shape index (κ2) is 8.50. The molecule has 1 aliphatic rings. The average Bonchev–Trinajstić information content (AvgIpc) is 2.75. The number of carbonyl (C=O) groups is 1. The molecule has 0 fully saturated rings. The van der Waals surface area contributed by atoms with Crippen molar-refractivity contribution < 1.29 is 14.3 Å². The van der Waals surface area contributed by atoms with Crippen molar-refractivity contribution in [2.75, 3.05) is 18.4 Å². The number of nitrogens with one attached hydrogen (secondary N) is 1. The van der Waals surface area contributed by atoms with Crippen LogP contribution in [0.4, 0.5) is 10.5 Å². The van der Waals surface area contributed by atoms with Gasteiger partial charge in [-0.15, -0.1) is 0 Å². The van der Waals surface area contributed by atoms with Gasteiger partial charge in [0.15, 0.2) is 0 Å². The van der Waals surface area contributed by atoms with Crippen molar-refractivity contribution in [2.24, 2.45) is 0 Å². The van der Waals surface area contributed by atoms with E-state index < -0.39 is 5.60 Å². The molecule has 0 saturated heterocycles. The summed E-state index contributed by atoms with van der Waals surface area (Å²) in [5.74, 6) is 0.806. The lowest BCUT2D eigenvalue weighted by Crippen LogP contribution is -2.46. The van der Waals surface area contributed by atoms with Gasteiger partial charge in [0.2, 0.25) is 0 Å². The van der Waals surface area contributed by atoms with Gasteiger partial charge >= 0.3 is 6.09 Å². The highest BCUT2D eigenvalue weighted by Crippen LogP contribution is 2.32. The fraction of sp³-hybridized carbons (Fsp3) is 0.346. The van der Waals surface area contributed by atoms with Gasteiger partial charge in [0, 0.05) is 0 Å². The van der Waals surface area contributed by atoms with E-state index in [1.54, 1.807) is 4.90 Å². The molecule has 0 aliphatic carbocycles. The molecule has 3 aromatic carbocycles. The van der Waals surface area contributed by atoms with Crippen LogP contribution in [0.15, 0.2) is 66.7 Å². The fourth-order valence-electron chi connectivity index (χ4n) is 3.98. The summed E-state index contributed by atoms with van der Waals surface area (Å²) in [5, 5.41) is 5.70. The maximum atomic E-state index is 13.3. The minimum atomic E-state index is -0.577. The van der Waals surface area contributed by atoms with E-state index >= 15 is 0 Å². The maximum Gasteiger partial charge on any atom is 0.410 e. The van der Waals surface area contributed by atoms with Crippen molar-refractivity contribution in [2.45, 2.75) is 45.4 Å². The molecule has 1 heterocycles. The molecule has 1 amide bonds. The Bertz CT molecular complexity index is 1070. The zero-order valence-electron chi connectivity index (χ0n) is 18.6. The molecular formula is C26H30N2O3. The van der Waals surface area contributed by atoms with Gasteiger partial charge in [-0.1, -0.05) is 54.6 Å². The smallest absolute Gasteiger partial charge is 0.410 e. The van der Waals surface area contributed by atoms with E-state index in [-0.39, 0.29) is 18.2 Å². The van der Waals surface area contributed by atoms with Gasteiger partial charge in [0.25, 0.3) is 0 Å². The van der Waals surface area contributed by atoms with Crippen LogP contribution in [0.3, 0.4) is 0 Å². The van der Waals surface area contributed by atoms with E-state index in [1.807, 2.05) is 63.2 Å². The molecule has 0 saturated carbocycles. The van der Waals surface area contributed by atoms with Crippen molar-refractivity contribution in [3.63, 3.8) is 0 Å². The summed E-state index contributed by atoms with van der Waals surface area (Å²) in [7, 11) is 0. The van der Waals surface area contributed by atoms with Crippen molar-refractivity contribution in [1.29, 1.82) is 0 Å². The summed E-state index contributed by atoms with van der Waals surface area (Å²) < 4.78 is 12.0. The third-order valence-electron chi connectivity index (χ3n) is 5.47. The molecule has 0 spiro atoms. The molecule has 2 atom stereocenters. The first-order valence-corrected chi connectivity index (χ1v) is 10.8. The number of ether oxygens (including phenoxy) is 2. The van der Waals surface area contributed by atoms with Gasteiger partial charge < -0.3 is 14.8 Å². The van der Waals surface area contributed by atoms with E-state index in [0.717, 1.165) is 27.8 Å². The summed E-state index contributed by atoms with van der Waals surface area (Å²) in [5.41, 5.74) is 1.49. The Balaban J connectivity index is 1.63. The highest BCUT2D eigenvalue weighted by Gasteiger charge is 2.31. The normalized spacial score (nSPS) is 16.6.